The molecule has 0 spiro atoms. The van der Waals surface area contributed by atoms with Crippen molar-refractivity contribution in [3.8, 4) is 5.75 Å². The highest BCUT2D eigenvalue weighted by Gasteiger charge is 2.12. The van der Waals surface area contributed by atoms with E-state index in [0.29, 0.717) is 0 Å². The van der Waals surface area contributed by atoms with Crippen molar-refractivity contribution in [2.24, 2.45) is 0 Å². The molecule has 0 fully saturated rings. The minimum Gasteiger partial charge on any atom is -0.496 e. The molecule has 2 rings (SSSR count). The smallest absolute Gasteiger partial charge is 0.122 e. The third kappa shape index (κ3) is 3.01. The summed E-state index contributed by atoms with van der Waals surface area (Å²) in [7, 11) is 1.74. The van der Waals surface area contributed by atoms with Crippen molar-refractivity contribution in [1.82, 2.24) is 0 Å². The fourth-order valence-electron chi connectivity index (χ4n) is 2.65. The number of methoxy groups -OCH3 is 1. The van der Waals surface area contributed by atoms with E-state index < -0.39 is 0 Å². The lowest BCUT2D eigenvalue weighted by atomic mass is 9.97. The van der Waals surface area contributed by atoms with Gasteiger partial charge in [0.1, 0.15) is 5.75 Å². The standard InChI is InChI=1S/C15H22O2/c1-17-15-11-13-7-4-2-3-6-12(13)10-14(15)8-5-9-16/h10-11,16H,2-9H2,1H3. The lowest BCUT2D eigenvalue weighted by Crippen LogP contribution is -2.00. The van der Waals surface area contributed by atoms with Crippen LogP contribution in [-0.4, -0.2) is 18.8 Å². The van der Waals surface area contributed by atoms with Gasteiger partial charge in [0, 0.05) is 6.61 Å². The van der Waals surface area contributed by atoms with Crippen LogP contribution in [0.15, 0.2) is 12.1 Å². The van der Waals surface area contributed by atoms with Gasteiger partial charge in [0.15, 0.2) is 0 Å². The van der Waals surface area contributed by atoms with Crippen LogP contribution in [0.2, 0.25) is 0 Å². The van der Waals surface area contributed by atoms with Crippen molar-refractivity contribution in [3.05, 3.63) is 28.8 Å². The molecule has 17 heavy (non-hydrogen) atoms. The minimum absolute atomic E-state index is 0.250. The van der Waals surface area contributed by atoms with E-state index in [9.17, 15) is 0 Å². The number of hydrogen-bond acceptors (Lipinski definition) is 2. The van der Waals surface area contributed by atoms with Crippen LogP contribution in [0.4, 0.5) is 0 Å². The zero-order chi connectivity index (χ0) is 12.1. The topological polar surface area (TPSA) is 29.5 Å². The van der Waals surface area contributed by atoms with E-state index >= 15 is 0 Å². The SMILES string of the molecule is COc1cc2c(cc1CCCO)CCCCC2. The Kier molecular flexibility index (Phi) is 4.43. The van der Waals surface area contributed by atoms with Crippen molar-refractivity contribution >= 4 is 0 Å². The molecule has 0 saturated heterocycles. The van der Waals surface area contributed by atoms with Gasteiger partial charge in [-0.15, -0.1) is 0 Å². The van der Waals surface area contributed by atoms with Gasteiger partial charge in [-0.05, 0) is 61.3 Å². The summed E-state index contributed by atoms with van der Waals surface area (Å²) in [4.78, 5) is 0. The van der Waals surface area contributed by atoms with Gasteiger partial charge in [-0.3, -0.25) is 0 Å². The maximum Gasteiger partial charge on any atom is 0.122 e. The van der Waals surface area contributed by atoms with E-state index in [2.05, 4.69) is 12.1 Å². The average Bonchev–Trinajstić information content (AvgIpc) is 2.59. The predicted molar refractivity (Wildman–Crippen MR) is 69.7 cm³/mol. The first-order chi connectivity index (χ1) is 8.35. The van der Waals surface area contributed by atoms with E-state index in [1.807, 2.05) is 0 Å². The maximum atomic E-state index is 8.93. The summed E-state index contributed by atoms with van der Waals surface area (Å²) in [6.45, 7) is 0.250. The van der Waals surface area contributed by atoms with Gasteiger partial charge in [0.25, 0.3) is 0 Å². The Labute approximate surface area is 104 Å². The summed E-state index contributed by atoms with van der Waals surface area (Å²) < 4.78 is 5.47. The maximum absolute atomic E-state index is 8.93. The van der Waals surface area contributed by atoms with E-state index in [-0.39, 0.29) is 6.61 Å². The third-order valence-electron chi connectivity index (χ3n) is 3.60. The van der Waals surface area contributed by atoms with Crippen LogP contribution in [0.5, 0.6) is 5.75 Å². The number of ether oxygens (including phenoxy) is 1. The molecule has 1 aromatic rings. The normalized spacial score (nSPS) is 15.2. The molecule has 1 aromatic carbocycles. The highest BCUT2D eigenvalue weighted by molar-refractivity contribution is 5.43. The van der Waals surface area contributed by atoms with E-state index in [1.165, 1.54) is 48.8 Å². The van der Waals surface area contributed by atoms with Gasteiger partial charge >= 0.3 is 0 Å². The molecular formula is C15H22O2. The van der Waals surface area contributed by atoms with Gasteiger partial charge in [0.2, 0.25) is 0 Å². The lowest BCUT2D eigenvalue weighted by Gasteiger charge is -2.13. The Bertz CT molecular complexity index is 371. The third-order valence-corrected chi connectivity index (χ3v) is 3.60. The molecule has 0 amide bonds. The Hall–Kier alpha value is -1.02. The molecule has 1 aliphatic rings. The molecule has 0 radical (unpaired) electrons. The Morgan fingerprint density at radius 3 is 2.47 bits per heavy atom. The van der Waals surface area contributed by atoms with Crippen molar-refractivity contribution < 1.29 is 9.84 Å². The Balaban J connectivity index is 2.28. The molecule has 0 unspecified atom stereocenters. The summed E-state index contributed by atoms with van der Waals surface area (Å²) in [6.07, 6.45) is 8.05. The molecule has 0 atom stereocenters. The van der Waals surface area contributed by atoms with Crippen LogP contribution in [0.25, 0.3) is 0 Å². The first-order valence-corrected chi connectivity index (χ1v) is 6.64. The fourth-order valence-corrected chi connectivity index (χ4v) is 2.65. The van der Waals surface area contributed by atoms with Crippen molar-refractivity contribution in [2.45, 2.75) is 44.9 Å². The van der Waals surface area contributed by atoms with Crippen LogP contribution in [-0.2, 0) is 19.3 Å². The number of benzene rings is 1. The van der Waals surface area contributed by atoms with Gasteiger partial charge in [-0.2, -0.15) is 0 Å². The van der Waals surface area contributed by atoms with Crippen molar-refractivity contribution in [3.63, 3.8) is 0 Å². The minimum atomic E-state index is 0.250. The number of hydrogen-bond donors (Lipinski definition) is 1. The van der Waals surface area contributed by atoms with Crippen LogP contribution < -0.4 is 4.74 Å². The summed E-state index contributed by atoms with van der Waals surface area (Å²) in [5.74, 6) is 0.999. The van der Waals surface area contributed by atoms with Gasteiger partial charge in [-0.25, -0.2) is 0 Å². The van der Waals surface area contributed by atoms with Gasteiger partial charge < -0.3 is 9.84 Å². The quantitative estimate of drug-likeness (QED) is 0.812. The summed E-state index contributed by atoms with van der Waals surface area (Å²) in [5.41, 5.74) is 4.21. The van der Waals surface area contributed by atoms with E-state index in [0.717, 1.165) is 18.6 Å². The number of aliphatic hydroxyl groups is 1. The van der Waals surface area contributed by atoms with E-state index in [4.69, 9.17) is 9.84 Å². The second-order valence-electron chi connectivity index (χ2n) is 4.82. The zero-order valence-electron chi connectivity index (χ0n) is 10.7. The van der Waals surface area contributed by atoms with Crippen LogP contribution in [0.3, 0.4) is 0 Å². The molecular weight excluding hydrogens is 212 g/mol. The first-order valence-electron chi connectivity index (χ1n) is 6.64. The molecule has 1 N–H and O–H groups in total. The lowest BCUT2D eigenvalue weighted by molar-refractivity contribution is 0.287. The van der Waals surface area contributed by atoms with E-state index in [1.54, 1.807) is 7.11 Å². The monoisotopic (exact) mass is 234 g/mol. The van der Waals surface area contributed by atoms with Crippen LogP contribution in [0.1, 0.15) is 42.4 Å². The number of rotatable bonds is 4. The Morgan fingerprint density at radius 2 is 1.82 bits per heavy atom. The zero-order valence-corrected chi connectivity index (χ0v) is 10.7. The molecule has 0 aliphatic heterocycles. The largest absolute Gasteiger partial charge is 0.496 e. The average molecular weight is 234 g/mol. The predicted octanol–water partition coefficient (Wildman–Crippen LogP) is 2.89. The molecule has 94 valence electrons. The highest BCUT2D eigenvalue weighted by Crippen LogP contribution is 2.29. The highest BCUT2D eigenvalue weighted by atomic mass is 16.5. The fraction of sp³-hybridized carbons (Fsp3) is 0.600. The molecule has 0 saturated carbocycles. The first kappa shape index (κ1) is 12.4. The van der Waals surface area contributed by atoms with Crippen molar-refractivity contribution in [2.75, 3.05) is 13.7 Å². The van der Waals surface area contributed by atoms with Gasteiger partial charge in [0.05, 0.1) is 7.11 Å². The van der Waals surface area contributed by atoms with Crippen molar-refractivity contribution in [1.29, 1.82) is 0 Å². The molecule has 0 heterocycles. The molecule has 2 heteroatoms. The number of aryl methyl sites for hydroxylation is 3. The number of aliphatic hydroxyl groups excluding tert-OH is 1. The van der Waals surface area contributed by atoms with Gasteiger partial charge in [-0.1, -0.05) is 12.5 Å². The summed E-state index contributed by atoms with van der Waals surface area (Å²) in [6, 6.07) is 4.52. The summed E-state index contributed by atoms with van der Waals surface area (Å²) in [5, 5.41) is 8.93. The summed E-state index contributed by atoms with van der Waals surface area (Å²) >= 11 is 0. The molecule has 0 aromatic heterocycles. The molecule has 1 aliphatic carbocycles. The number of fused-ring (bicyclic) bond motifs is 1. The second kappa shape index (κ2) is 6.06. The van der Waals surface area contributed by atoms with Crippen LogP contribution >= 0.6 is 0 Å². The molecule has 2 nitrogen and oxygen atoms in total. The molecule has 0 bridgehead atoms. The Morgan fingerprint density at radius 1 is 1.12 bits per heavy atom. The second-order valence-corrected chi connectivity index (χ2v) is 4.82. The van der Waals surface area contributed by atoms with Crippen LogP contribution in [0, 0.1) is 0 Å².